The Kier molecular flexibility index (Phi) is 5.26. The lowest BCUT2D eigenvalue weighted by molar-refractivity contribution is -0.122. The summed E-state index contributed by atoms with van der Waals surface area (Å²) in [5.41, 5.74) is -0.299. The molecule has 0 heterocycles. The van der Waals surface area contributed by atoms with Crippen LogP contribution in [0, 0.1) is 11.6 Å². The minimum atomic E-state index is -0.953. The second-order valence-electron chi connectivity index (χ2n) is 4.76. The molecule has 5 heteroatoms. The average molecular weight is 320 g/mol. The van der Waals surface area contributed by atoms with E-state index in [4.69, 9.17) is 0 Å². The predicted octanol–water partition coefficient (Wildman–Crippen LogP) is 3.19. The molecule has 0 aliphatic rings. The van der Waals surface area contributed by atoms with Gasteiger partial charge in [0.1, 0.15) is 0 Å². The summed E-state index contributed by atoms with van der Waals surface area (Å²) in [5, 5.41) is 3.55. The quantitative estimate of drug-likeness (QED) is 0.830. The van der Waals surface area contributed by atoms with Crippen molar-refractivity contribution in [2.24, 2.45) is 0 Å². The Hall–Kier alpha value is -0.970. The van der Waals surface area contributed by atoms with Crippen LogP contribution in [0.2, 0.25) is 0 Å². The monoisotopic (exact) mass is 319 g/mol. The second kappa shape index (κ2) is 6.27. The number of rotatable bonds is 5. The molecule has 0 aliphatic heterocycles. The summed E-state index contributed by atoms with van der Waals surface area (Å²) < 4.78 is 26.4. The van der Waals surface area contributed by atoms with E-state index < -0.39 is 11.6 Å². The molecule has 0 fully saturated rings. The molecule has 0 unspecified atom stereocenters. The summed E-state index contributed by atoms with van der Waals surface area (Å²) in [6.07, 6.45) is 0.597. The van der Waals surface area contributed by atoms with Gasteiger partial charge in [0.15, 0.2) is 11.6 Å². The number of amides is 1. The van der Waals surface area contributed by atoms with Crippen molar-refractivity contribution in [1.82, 2.24) is 5.32 Å². The molecular formula is C13H16BrF2NO. The molecule has 0 bridgehead atoms. The fourth-order valence-electron chi connectivity index (χ4n) is 1.58. The van der Waals surface area contributed by atoms with Crippen molar-refractivity contribution < 1.29 is 13.6 Å². The first-order valence-corrected chi connectivity index (χ1v) is 6.78. The Balaban J connectivity index is 2.68. The van der Waals surface area contributed by atoms with E-state index in [9.17, 15) is 13.6 Å². The maximum Gasteiger partial charge on any atom is 0.224 e. The average Bonchev–Trinajstić information content (AvgIpc) is 2.23. The zero-order valence-electron chi connectivity index (χ0n) is 10.4. The molecule has 1 aromatic rings. The van der Waals surface area contributed by atoms with Crippen LogP contribution in [0.25, 0.3) is 0 Å². The lowest BCUT2D eigenvalue weighted by atomic mass is 10.0. The Labute approximate surface area is 114 Å². The van der Waals surface area contributed by atoms with Crippen molar-refractivity contribution >= 4 is 21.8 Å². The van der Waals surface area contributed by atoms with Gasteiger partial charge in [-0.15, -0.1) is 0 Å². The van der Waals surface area contributed by atoms with Gasteiger partial charge in [-0.05, 0) is 26.3 Å². The van der Waals surface area contributed by atoms with Crippen LogP contribution in [-0.2, 0) is 11.2 Å². The molecule has 0 aliphatic carbocycles. The largest absolute Gasteiger partial charge is 0.351 e. The molecule has 2 nitrogen and oxygen atoms in total. The number of carbonyl (C=O) groups excluding carboxylic acids is 1. The van der Waals surface area contributed by atoms with Crippen LogP contribution in [-0.4, -0.2) is 16.8 Å². The fraction of sp³-hybridized carbons (Fsp3) is 0.462. The zero-order valence-corrected chi connectivity index (χ0v) is 12.0. The van der Waals surface area contributed by atoms with Gasteiger partial charge < -0.3 is 5.32 Å². The minimum Gasteiger partial charge on any atom is -0.351 e. The maximum atomic E-state index is 13.4. The highest BCUT2D eigenvalue weighted by Gasteiger charge is 2.20. The summed E-state index contributed by atoms with van der Waals surface area (Å²) in [5.74, 6) is -2.20. The van der Waals surface area contributed by atoms with Crippen molar-refractivity contribution in [3.05, 3.63) is 35.4 Å². The standard InChI is InChI=1S/C13H16BrF2NO/c1-13(2,6-7-14)17-11(18)8-9-4-3-5-10(15)12(9)16/h3-5H,6-8H2,1-2H3,(H,17,18). The van der Waals surface area contributed by atoms with Gasteiger partial charge in [0, 0.05) is 16.4 Å². The number of hydrogen-bond acceptors (Lipinski definition) is 1. The highest BCUT2D eigenvalue weighted by molar-refractivity contribution is 9.09. The summed E-state index contributed by atoms with van der Waals surface area (Å²) in [7, 11) is 0. The predicted molar refractivity (Wildman–Crippen MR) is 70.7 cm³/mol. The van der Waals surface area contributed by atoms with E-state index in [2.05, 4.69) is 21.2 Å². The molecule has 0 saturated heterocycles. The van der Waals surface area contributed by atoms with Crippen LogP contribution >= 0.6 is 15.9 Å². The molecule has 1 N–H and O–H groups in total. The van der Waals surface area contributed by atoms with Crippen LogP contribution in [0.3, 0.4) is 0 Å². The van der Waals surface area contributed by atoms with Gasteiger partial charge in [-0.2, -0.15) is 0 Å². The third-order valence-electron chi connectivity index (χ3n) is 2.58. The molecule has 100 valence electrons. The Morgan fingerprint density at radius 1 is 1.39 bits per heavy atom. The maximum absolute atomic E-state index is 13.4. The summed E-state index contributed by atoms with van der Waals surface area (Å²) >= 11 is 3.30. The fourth-order valence-corrected chi connectivity index (χ4v) is 2.57. The Bertz CT molecular complexity index is 435. The van der Waals surface area contributed by atoms with E-state index in [-0.39, 0.29) is 23.4 Å². The zero-order chi connectivity index (χ0) is 13.8. The van der Waals surface area contributed by atoms with Crippen LogP contribution in [0.5, 0.6) is 0 Å². The molecule has 0 radical (unpaired) electrons. The topological polar surface area (TPSA) is 29.1 Å². The van der Waals surface area contributed by atoms with Crippen LogP contribution < -0.4 is 5.32 Å². The van der Waals surface area contributed by atoms with Crippen molar-refractivity contribution in [2.75, 3.05) is 5.33 Å². The Morgan fingerprint density at radius 3 is 2.67 bits per heavy atom. The molecule has 0 spiro atoms. The molecule has 1 amide bonds. The van der Waals surface area contributed by atoms with Crippen molar-refractivity contribution in [1.29, 1.82) is 0 Å². The first kappa shape index (κ1) is 15.1. The first-order chi connectivity index (χ1) is 8.35. The Morgan fingerprint density at radius 2 is 2.06 bits per heavy atom. The second-order valence-corrected chi connectivity index (χ2v) is 5.55. The lowest BCUT2D eigenvalue weighted by Crippen LogP contribution is -2.44. The molecule has 0 atom stereocenters. The van der Waals surface area contributed by atoms with Crippen LogP contribution in [0.1, 0.15) is 25.8 Å². The van der Waals surface area contributed by atoms with E-state index in [1.165, 1.54) is 12.1 Å². The van der Waals surface area contributed by atoms with Gasteiger partial charge in [-0.1, -0.05) is 28.1 Å². The number of hydrogen-bond donors (Lipinski definition) is 1. The van der Waals surface area contributed by atoms with Gasteiger partial charge in [0.05, 0.1) is 6.42 Å². The van der Waals surface area contributed by atoms with Gasteiger partial charge >= 0.3 is 0 Å². The number of alkyl halides is 1. The van der Waals surface area contributed by atoms with E-state index >= 15 is 0 Å². The number of nitrogens with one attached hydrogen (secondary N) is 1. The van der Waals surface area contributed by atoms with E-state index in [0.717, 1.165) is 17.8 Å². The van der Waals surface area contributed by atoms with Crippen LogP contribution in [0.4, 0.5) is 8.78 Å². The first-order valence-electron chi connectivity index (χ1n) is 5.65. The third kappa shape index (κ3) is 4.37. The summed E-state index contributed by atoms with van der Waals surface area (Å²) in [6, 6.07) is 3.84. The number of carbonyl (C=O) groups is 1. The highest BCUT2D eigenvalue weighted by Crippen LogP contribution is 2.14. The lowest BCUT2D eigenvalue weighted by Gasteiger charge is -2.25. The highest BCUT2D eigenvalue weighted by atomic mass is 79.9. The minimum absolute atomic E-state index is 0.0714. The van der Waals surface area contributed by atoms with Crippen molar-refractivity contribution in [2.45, 2.75) is 32.2 Å². The number of halogens is 3. The van der Waals surface area contributed by atoms with Gasteiger partial charge in [0.2, 0.25) is 5.91 Å². The molecular weight excluding hydrogens is 304 g/mol. The SMILES string of the molecule is CC(C)(CCBr)NC(=O)Cc1cccc(F)c1F. The third-order valence-corrected chi connectivity index (χ3v) is 2.98. The van der Waals surface area contributed by atoms with Gasteiger partial charge in [0.25, 0.3) is 0 Å². The van der Waals surface area contributed by atoms with Crippen molar-refractivity contribution in [3.8, 4) is 0 Å². The summed E-state index contributed by atoms with van der Waals surface area (Å²) in [6.45, 7) is 3.77. The van der Waals surface area contributed by atoms with Crippen molar-refractivity contribution in [3.63, 3.8) is 0 Å². The smallest absolute Gasteiger partial charge is 0.224 e. The van der Waals surface area contributed by atoms with E-state index in [0.29, 0.717) is 0 Å². The molecule has 18 heavy (non-hydrogen) atoms. The molecule has 1 rings (SSSR count). The molecule has 0 saturated carbocycles. The number of benzene rings is 1. The molecule has 1 aromatic carbocycles. The summed E-state index contributed by atoms with van der Waals surface area (Å²) in [4.78, 5) is 11.8. The van der Waals surface area contributed by atoms with Crippen LogP contribution in [0.15, 0.2) is 18.2 Å². The van der Waals surface area contributed by atoms with Gasteiger partial charge in [-0.3, -0.25) is 4.79 Å². The molecule has 0 aromatic heterocycles. The van der Waals surface area contributed by atoms with Gasteiger partial charge in [-0.25, -0.2) is 8.78 Å². The normalized spacial score (nSPS) is 11.4. The van der Waals surface area contributed by atoms with E-state index in [1.807, 2.05) is 13.8 Å². The van der Waals surface area contributed by atoms with E-state index in [1.54, 1.807) is 0 Å².